The van der Waals surface area contributed by atoms with Crippen LogP contribution in [0.4, 0.5) is 5.69 Å². The SMILES string of the molecule is CC1CCCC(C)N1C(=O)c1sc2nccnc2c1N. The van der Waals surface area contributed by atoms with Crippen molar-refractivity contribution in [2.24, 2.45) is 0 Å². The molecule has 5 nitrogen and oxygen atoms in total. The van der Waals surface area contributed by atoms with Gasteiger partial charge in [-0.1, -0.05) is 0 Å². The van der Waals surface area contributed by atoms with Crippen molar-refractivity contribution in [3.63, 3.8) is 0 Å². The van der Waals surface area contributed by atoms with E-state index in [1.54, 1.807) is 12.4 Å². The van der Waals surface area contributed by atoms with Crippen LogP contribution in [0.3, 0.4) is 0 Å². The molecule has 0 radical (unpaired) electrons. The summed E-state index contributed by atoms with van der Waals surface area (Å²) >= 11 is 1.34. The Balaban J connectivity index is 2.01. The molecule has 2 aromatic rings. The number of fused-ring (bicyclic) bond motifs is 1. The standard InChI is InChI=1S/C14H18N4OS/c1-8-4-3-5-9(2)18(8)14(19)12-10(15)11-13(20-12)17-7-6-16-11/h6-9H,3-5,15H2,1-2H3. The largest absolute Gasteiger partial charge is 0.396 e. The van der Waals surface area contributed by atoms with Gasteiger partial charge in [0.25, 0.3) is 5.91 Å². The van der Waals surface area contributed by atoms with Crippen LogP contribution in [-0.4, -0.2) is 32.9 Å². The summed E-state index contributed by atoms with van der Waals surface area (Å²) in [7, 11) is 0. The van der Waals surface area contributed by atoms with E-state index in [1.165, 1.54) is 17.8 Å². The summed E-state index contributed by atoms with van der Waals surface area (Å²) in [4.78, 5) is 24.5. The molecular weight excluding hydrogens is 272 g/mol. The highest BCUT2D eigenvalue weighted by atomic mass is 32.1. The van der Waals surface area contributed by atoms with Gasteiger partial charge in [-0.3, -0.25) is 4.79 Å². The van der Waals surface area contributed by atoms with Crippen LogP contribution in [0.5, 0.6) is 0 Å². The number of amides is 1. The van der Waals surface area contributed by atoms with Gasteiger partial charge in [0, 0.05) is 24.5 Å². The van der Waals surface area contributed by atoms with E-state index >= 15 is 0 Å². The number of aromatic nitrogens is 2. The number of nitrogen functional groups attached to an aromatic ring is 1. The van der Waals surface area contributed by atoms with Crippen molar-refractivity contribution < 1.29 is 4.79 Å². The van der Waals surface area contributed by atoms with Crippen molar-refractivity contribution in [3.05, 3.63) is 17.3 Å². The number of hydrogen-bond donors (Lipinski definition) is 1. The molecule has 1 aliphatic heterocycles. The summed E-state index contributed by atoms with van der Waals surface area (Å²) in [5, 5.41) is 0. The van der Waals surface area contributed by atoms with Crippen LogP contribution >= 0.6 is 11.3 Å². The van der Waals surface area contributed by atoms with Gasteiger partial charge in [-0.15, -0.1) is 11.3 Å². The zero-order valence-corrected chi connectivity index (χ0v) is 12.5. The molecule has 20 heavy (non-hydrogen) atoms. The number of carbonyl (C=O) groups excluding carboxylic acids is 1. The van der Waals surface area contributed by atoms with E-state index in [9.17, 15) is 4.79 Å². The molecule has 2 unspecified atom stereocenters. The van der Waals surface area contributed by atoms with E-state index in [1.807, 2.05) is 4.90 Å². The summed E-state index contributed by atoms with van der Waals surface area (Å²) in [6.45, 7) is 4.21. The number of thiophene rings is 1. The molecule has 0 aromatic carbocycles. The molecule has 0 spiro atoms. The second-order valence-electron chi connectivity index (χ2n) is 5.40. The van der Waals surface area contributed by atoms with E-state index in [2.05, 4.69) is 23.8 Å². The number of anilines is 1. The summed E-state index contributed by atoms with van der Waals surface area (Å²) in [6.07, 6.45) is 6.51. The Labute approximate surface area is 121 Å². The molecule has 1 saturated heterocycles. The van der Waals surface area contributed by atoms with Crippen LogP contribution < -0.4 is 5.73 Å². The summed E-state index contributed by atoms with van der Waals surface area (Å²) < 4.78 is 0. The number of likely N-dealkylation sites (tertiary alicyclic amines) is 1. The number of hydrogen-bond acceptors (Lipinski definition) is 5. The van der Waals surface area contributed by atoms with Gasteiger partial charge in [-0.05, 0) is 33.1 Å². The highest BCUT2D eigenvalue weighted by Gasteiger charge is 2.32. The van der Waals surface area contributed by atoms with Crippen molar-refractivity contribution in [1.82, 2.24) is 14.9 Å². The zero-order chi connectivity index (χ0) is 14.3. The van der Waals surface area contributed by atoms with Gasteiger partial charge >= 0.3 is 0 Å². The lowest BCUT2D eigenvalue weighted by molar-refractivity contribution is 0.0517. The third kappa shape index (κ3) is 2.04. The number of nitrogens with zero attached hydrogens (tertiary/aromatic N) is 3. The number of carbonyl (C=O) groups is 1. The Kier molecular flexibility index (Phi) is 3.33. The van der Waals surface area contributed by atoms with E-state index < -0.39 is 0 Å². The lowest BCUT2D eigenvalue weighted by atomic mass is 9.97. The molecular formula is C14H18N4OS. The maximum absolute atomic E-state index is 12.8. The molecule has 2 N–H and O–H groups in total. The van der Waals surface area contributed by atoms with Gasteiger partial charge in [-0.25, -0.2) is 9.97 Å². The van der Waals surface area contributed by atoms with Crippen LogP contribution in [0.2, 0.25) is 0 Å². The molecule has 106 valence electrons. The van der Waals surface area contributed by atoms with E-state index in [-0.39, 0.29) is 18.0 Å². The van der Waals surface area contributed by atoms with E-state index in [0.29, 0.717) is 16.1 Å². The fourth-order valence-corrected chi connectivity index (χ4v) is 3.91. The average molecular weight is 290 g/mol. The zero-order valence-electron chi connectivity index (χ0n) is 11.7. The first-order valence-corrected chi connectivity index (χ1v) is 7.73. The monoisotopic (exact) mass is 290 g/mol. The Morgan fingerprint density at radius 1 is 1.30 bits per heavy atom. The van der Waals surface area contributed by atoms with Crippen molar-refractivity contribution in [2.45, 2.75) is 45.2 Å². The molecule has 6 heteroatoms. The first-order valence-electron chi connectivity index (χ1n) is 6.91. The molecule has 0 bridgehead atoms. The van der Waals surface area contributed by atoms with Crippen molar-refractivity contribution in [3.8, 4) is 0 Å². The minimum Gasteiger partial charge on any atom is -0.396 e. The molecule has 3 heterocycles. The van der Waals surface area contributed by atoms with Gasteiger partial charge in [0.1, 0.15) is 15.2 Å². The summed E-state index contributed by atoms with van der Waals surface area (Å²) in [5.41, 5.74) is 7.20. The molecule has 3 rings (SSSR count). The van der Waals surface area contributed by atoms with Crippen molar-refractivity contribution in [1.29, 1.82) is 0 Å². The van der Waals surface area contributed by atoms with E-state index in [0.717, 1.165) is 17.7 Å². The topological polar surface area (TPSA) is 72.1 Å². The van der Waals surface area contributed by atoms with Gasteiger partial charge in [-0.2, -0.15) is 0 Å². The Bertz CT molecular complexity index is 644. The van der Waals surface area contributed by atoms with Crippen LogP contribution in [0.1, 0.15) is 42.8 Å². The fraction of sp³-hybridized carbons (Fsp3) is 0.500. The van der Waals surface area contributed by atoms with Gasteiger partial charge < -0.3 is 10.6 Å². The van der Waals surface area contributed by atoms with E-state index in [4.69, 9.17) is 5.73 Å². The molecule has 0 aliphatic carbocycles. The van der Waals surface area contributed by atoms with Crippen molar-refractivity contribution >= 4 is 33.3 Å². The lowest BCUT2D eigenvalue weighted by Crippen LogP contribution is -2.47. The van der Waals surface area contributed by atoms with Crippen LogP contribution in [0.25, 0.3) is 10.3 Å². The van der Waals surface area contributed by atoms with Gasteiger partial charge in [0.2, 0.25) is 0 Å². The van der Waals surface area contributed by atoms with Crippen molar-refractivity contribution in [2.75, 3.05) is 5.73 Å². The minimum atomic E-state index is 0.0204. The second kappa shape index (κ2) is 5.01. The van der Waals surface area contributed by atoms with Crippen LogP contribution in [-0.2, 0) is 0 Å². The number of rotatable bonds is 1. The Hall–Kier alpha value is -1.69. The predicted octanol–water partition coefficient (Wildman–Crippen LogP) is 2.68. The summed E-state index contributed by atoms with van der Waals surface area (Å²) in [5.74, 6) is 0.0204. The fourth-order valence-electron chi connectivity index (χ4n) is 2.94. The maximum Gasteiger partial charge on any atom is 0.266 e. The van der Waals surface area contributed by atoms with Gasteiger partial charge in [0.05, 0.1) is 5.69 Å². The van der Waals surface area contributed by atoms with Crippen LogP contribution in [0, 0.1) is 0 Å². The number of nitrogens with two attached hydrogens (primary N) is 1. The van der Waals surface area contributed by atoms with Gasteiger partial charge in [0.15, 0.2) is 0 Å². The molecule has 2 atom stereocenters. The minimum absolute atomic E-state index is 0.0204. The molecule has 1 amide bonds. The highest BCUT2D eigenvalue weighted by Crippen LogP contribution is 2.34. The normalized spacial score (nSPS) is 23.2. The molecule has 0 saturated carbocycles. The van der Waals surface area contributed by atoms with Crippen LogP contribution in [0.15, 0.2) is 12.4 Å². The first kappa shape index (κ1) is 13.3. The number of piperidine rings is 1. The first-order chi connectivity index (χ1) is 9.59. The smallest absolute Gasteiger partial charge is 0.266 e. The predicted molar refractivity (Wildman–Crippen MR) is 80.8 cm³/mol. The third-order valence-electron chi connectivity index (χ3n) is 3.99. The molecule has 2 aromatic heterocycles. The molecule has 1 fully saturated rings. The quantitative estimate of drug-likeness (QED) is 0.876. The Morgan fingerprint density at radius 3 is 2.60 bits per heavy atom. The third-order valence-corrected chi connectivity index (χ3v) is 5.08. The molecule has 1 aliphatic rings. The Morgan fingerprint density at radius 2 is 1.95 bits per heavy atom. The summed E-state index contributed by atoms with van der Waals surface area (Å²) in [6, 6.07) is 0.522. The average Bonchev–Trinajstić information content (AvgIpc) is 2.76. The maximum atomic E-state index is 12.8. The highest BCUT2D eigenvalue weighted by molar-refractivity contribution is 7.21. The lowest BCUT2D eigenvalue weighted by Gasteiger charge is -2.38. The second-order valence-corrected chi connectivity index (χ2v) is 6.40.